The second-order valence-electron chi connectivity index (χ2n) is 4.99. The van der Waals surface area contributed by atoms with Gasteiger partial charge in [0.15, 0.2) is 11.5 Å². The van der Waals surface area contributed by atoms with Crippen molar-refractivity contribution in [2.45, 2.75) is 13.3 Å². The summed E-state index contributed by atoms with van der Waals surface area (Å²) >= 11 is 0. The minimum atomic E-state index is -0.0937. The molecule has 5 heteroatoms. The average Bonchev–Trinajstić information content (AvgIpc) is 2.86. The van der Waals surface area contributed by atoms with Crippen LogP contribution in [0.25, 0.3) is 11.1 Å². The summed E-state index contributed by atoms with van der Waals surface area (Å²) in [6.07, 6.45) is 0.282. The number of nitrogens with one attached hydrogen (secondary N) is 1. The van der Waals surface area contributed by atoms with Gasteiger partial charge >= 0.3 is 0 Å². The number of ether oxygens (including phenoxy) is 1. The van der Waals surface area contributed by atoms with Crippen molar-refractivity contribution in [3.63, 3.8) is 0 Å². The number of hydrogen-bond acceptors (Lipinski definition) is 4. The predicted molar refractivity (Wildman–Crippen MR) is 84.1 cm³/mol. The van der Waals surface area contributed by atoms with Gasteiger partial charge < -0.3 is 14.5 Å². The maximum absolute atomic E-state index is 12.1. The Morgan fingerprint density at radius 2 is 2.14 bits per heavy atom. The van der Waals surface area contributed by atoms with Crippen molar-refractivity contribution in [2.24, 2.45) is 0 Å². The fraction of sp³-hybridized carbons (Fsp3) is 0.176. The molecule has 0 aliphatic carbocycles. The zero-order valence-corrected chi connectivity index (χ0v) is 12.4. The van der Waals surface area contributed by atoms with Gasteiger partial charge in [0.05, 0.1) is 13.5 Å². The van der Waals surface area contributed by atoms with Gasteiger partial charge in [-0.3, -0.25) is 4.79 Å². The van der Waals surface area contributed by atoms with Crippen molar-refractivity contribution in [1.82, 2.24) is 4.98 Å². The molecular weight excluding hydrogens is 280 g/mol. The summed E-state index contributed by atoms with van der Waals surface area (Å²) in [5.74, 6) is 1.25. The first kappa shape index (κ1) is 14.1. The van der Waals surface area contributed by atoms with Crippen molar-refractivity contribution < 1.29 is 13.9 Å². The monoisotopic (exact) mass is 296 g/mol. The summed E-state index contributed by atoms with van der Waals surface area (Å²) in [7, 11) is 1.60. The van der Waals surface area contributed by atoms with Crippen molar-refractivity contribution in [2.75, 3.05) is 12.4 Å². The Morgan fingerprint density at radius 3 is 2.95 bits per heavy atom. The quantitative estimate of drug-likeness (QED) is 0.802. The molecule has 0 saturated carbocycles. The van der Waals surface area contributed by atoms with Crippen LogP contribution < -0.4 is 10.1 Å². The minimum absolute atomic E-state index is 0.0937. The van der Waals surface area contributed by atoms with E-state index in [1.165, 1.54) is 0 Å². The van der Waals surface area contributed by atoms with E-state index in [4.69, 9.17) is 9.15 Å². The molecule has 1 amide bonds. The molecule has 0 unspecified atom stereocenters. The van der Waals surface area contributed by atoms with E-state index in [1.54, 1.807) is 20.1 Å². The van der Waals surface area contributed by atoms with E-state index in [2.05, 4.69) is 10.3 Å². The van der Waals surface area contributed by atoms with Crippen molar-refractivity contribution >= 4 is 22.7 Å². The lowest BCUT2D eigenvalue weighted by Crippen LogP contribution is -2.14. The summed E-state index contributed by atoms with van der Waals surface area (Å²) in [5.41, 5.74) is 3.03. The lowest BCUT2D eigenvalue weighted by Gasteiger charge is -2.06. The van der Waals surface area contributed by atoms with E-state index in [-0.39, 0.29) is 12.3 Å². The predicted octanol–water partition coefficient (Wildman–Crippen LogP) is 3.33. The van der Waals surface area contributed by atoms with Crippen molar-refractivity contribution in [3.05, 3.63) is 53.9 Å². The maximum atomic E-state index is 12.1. The van der Waals surface area contributed by atoms with Gasteiger partial charge in [0, 0.05) is 18.7 Å². The fourth-order valence-electron chi connectivity index (χ4n) is 2.29. The normalized spacial score (nSPS) is 10.6. The number of aryl methyl sites for hydroxylation is 1. The van der Waals surface area contributed by atoms with Crippen LogP contribution in [0.1, 0.15) is 11.5 Å². The number of methoxy groups -OCH3 is 1. The molecule has 1 aromatic heterocycles. The van der Waals surface area contributed by atoms with Gasteiger partial charge in [-0.15, -0.1) is 0 Å². The van der Waals surface area contributed by atoms with Crippen molar-refractivity contribution in [1.29, 1.82) is 0 Å². The lowest BCUT2D eigenvalue weighted by molar-refractivity contribution is -0.115. The van der Waals surface area contributed by atoms with Gasteiger partial charge in [-0.1, -0.05) is 12.1 Å². The van der Waals surface area contributed by atoms with Gasteiger partial charge in [0.1, 0.15) is 11.3 Å². The highest BCUT2D eigenvalue weighted by Crippen LogP contribution is 2.20. The number of amides is 1. The number of benzene rings is 2. The molecule has 1 heterocycles. The van der Waals surface area contributed by atoms with Crippen LogP contribution in [0, 0.1) is 6.92 Å². The van der Waals surface area contributed by atoms with Gasteiger partial charge in [0.2, 0.25) is 5.91 Å². The third-order valence-electron chi connectivity index (χ3n) is 3.28. The average molecular weight is 296 g/mol. The topological polar surface area (TPSA) is 64.4 Å². The number of nitrogens with zero attached hydrogens (tertiary/aromatic N) is 1. The Kier molecular flexibility index (Phi) is 3.78. The summed E-state index contributed by atoms with van der Waals surface area (Å²) in [4.78, 5) is 16.4. The molecule has 112 valence electrons. The fourth-order valence-corrected chi connectivity index (χ4v) is 2.29. The molecule has 22 heavy (non-hydrogen) atoms. The first-order chi connectivity index (χ1) is 10.6. The van der Waals surface area contributed by atoms with Crippen LogP contribution in [-0.2, 0) is 11.2 Å². The lowest BCUT2D eigenvalue weighted by atomic mass is 10.1. The van der Waals surface area contributed by atoms with E-state index in [1.807, 2.05) is 36.4 Å². The molecule has 3 aromatic rings. The molecule has 0 radical (unpaired) electrons. The van der Waals surface area contributed by atoms with Gasteiger partial charge in [-0.2, -0.15) is 0 Å². The summed E-state index contributed by atoms with van der Waals surface area (Å²) in [6, 6.07) is 12.9. The number of rotatable bonds is 4. The number of fused-ring (bicyclic) bond motifs is 1. The summed E-state index contributed by atoms with van der Waals surface area (Å²) < 4.78 is 10.6. The first-order valence-corrected chi connectivity index (χ1v) is 6.94. The molecule has 3 rings (SSSR count). The van der Waals surface area contributed by atoms with E-state index in [9.17, 15) is 4.79 Å². The Labute approximate surface area is 127 Å². The van der Waals surface area contributed by atoms with Crippen LogP contribution in [0.4, 0.5) is 5.69 Å². The molecule has 0 fully saturated rings. The standard InChI is InChI=1S/C17H16N2O3/c1-11-18-15-7-6-13(10-16(15)22-11)19-17(20)9-12-4-3-5-14(8-12)21-2/h3-8,10H,9H2,1-2H3,(H,19,20). The molecule has 0 atom stereocenters. The number of hydrogen-bond donors (Lipinski definition) is 1. The zero-order valence-electron chi connectivity index (χ0n) is 12.4. The Bertz CT molecular complexity index is 824. The van der Waals surface area contributed by atoms with E-state index < -0.39 is 0 Å². The van der Waals surface area contributed by atoms with E-state index >= 15 is 0 Å². The zero-order chi connectivity index (χ0) is 15.5. The molecule has 1 N–H and O–H groups in total. The SMILES string of the molecule is COc1cccc(CC(=O)Nc2ccc3nc(C)oc3c2)c1. The first-order valence-electron chi connectivity index (χ1n) is 6.94. The van der Waals surface area contributed by atoms with Gasteiger partial charge in [-0.25, -0.2) is 4.98 Å². The van der Waals surface area contributed by atoms with Crippen LogP contribution in [0.2, 0.25) is 0 Å². The number of carbonyl (C=O) groups excluding carboxylic acids is 1. The number of oxazole rings is 1. The molecular formula is C17H16N2O3. The highest BCUT2D eigenvalue weighted by Gasteiger charge is 2.08. The number of aromatic nitrogens is 1. The Balaban J connectivity index is 1.71. The smallest absolute Gasteiger partial charge is 0.228 e. The van der Waals surface area contributed by atoms with E-state index in [0.29, 0.717) is 17.2 Å². The highest BCUT2D eigenvalue weighted by atomic mass is 16.5. The summed E-state index contributed by atoms with van der Waals surface area (Å²) in [6.45, 7) is 1.79. The Morgan fingerprint density at radius 1 is 1.27 bits per heavy atom. The van der Waals surface area contributed by atoms with Crippen LogP contribution in [0.5, 0.6) is 5.75 Å². The molecule has 0 aliphatic rings. The third-order valence-corrected chi connectivity index (χ3v) is 3.28. The highest BCUT2D eigenvalue weighted by molar-refractivity contribution is 5.94. The van der Waals surface area contributed by atoms with Crippen LogP contribution >= 0.6 is 0 Å². The van der Waals surface area contributed by atoms with Crippen LogP contribution in [0.3, 0.4) is 0 Å². The van der Waals surface area contributed by atoms with Crippen molar-refractivity contribution in [3.8, 4) is 5.75 Å². The second-order valence-corrected chi connectivity index (χ2v) is 4.99. The molecule has 0 bridgehead atoms. The van der Waals surface area contributed by atoms with Crippen LogP contribution in [0.15, 0.2) is 46.9 Å². The molecule has 5 nitrogen and oxygen atoms in total. The Hall–Kier alpha value is -2.82. The van der Waals surface area contributed by atoms with Gasteiger partial charge in [-0.05, 0) is 29.8 Å². The third kappa shape index (κ3) is 3.09. The number of anilines is 1. The van der Waals surface area contributed by atoms with Gasteiger partial charge in [0.25, 0.3) is 0 Å². The maximum Gasteiger partial charge on any atom is 0.228 e. The largest absolute Gasteiger partial charge is 0.497 e. The molecule has 2 aromatic carbocycles. The minimum Gasteiger partial charge on any atom is -0.497 e. The van der Waals surface area contributed by atoms with Crippen LogP contribution in [-0.4, -0.2) is 18.0 Å². The second kappa shape index (κ2) is 5.89. The summed E-state index contributed by atoms with van der Waals surface area (Å²) in [5, 5.41) is 2.86. The van der Waals surface area contributed by atoms with E-state index in [0.717, 1.165) is 16.8 Å². The number of carbonyl (C=O) groups is 1. The molecule has 0 saturated heterocycles. The molecule has 0 spiro atoms. The molecule has 0 aliphatic heterocycles.